The lowest BCUT2D eigenvalue weighted by atomic mass is 10.0. The number of aromatic nitrogens is 3. The predicted molar refractivity (Wildman–Crippen MR) is 105 cm³/mol. The van der Waals surface area contributed by atoms with Crippen LogP contribution in [0.4, 0.5) is 5.82 Å². The first-order valence-corrected chi connectivity index (χ1v) is 10.1. The zero-order chi connectivity index (χ0) is 19.1. The largest absolute Gasteiger partial charge is 0.374 e. The van der Waals surface area contributed by atoms with Gasteiger partial charge in [0.1, 0.15) is 12.0 Å². The van der Waals surface area contributed by atoms with Crippen LogP contribution in [0.2, 0.25) is 0 Å². The Morgan fingerprint density at radius 2 is 2.11 bits per heavy atom. The average molecular weight is 379 g/mol. The summed E-state index contributed by atoms with van der Waals surface area (Å²) in [5.74, 6) is 1.97. The zero-order valence-electron chi connectivity index (χ0n) is 15.7. The number of pyridine rings is 1. The highest BCUT2D eigenvalue weighted by atomic mass is 16.3. The van der Waals surface area contributed by atoms with Gasteiger partial charge in [0.15, 0.2) is 0 Å². The summed E-state index contributed by atoms with van der Waals surface area (Å²) < 4.78 is 2.07. The molecule has 146 valence electrons. The monoisotopic (exact) mass is 379 g/mol. The summed E-state index contributed by atoms with van der Waals surface area (Å²) in [6.07, 6.45) is 12.3. The maximum atomic E-state index is 12.6. The number of aryl methyl sites for hydroxylation is 1. The lowest BCUT2D eigenvalue weighted by Crippen LogP contribution is -2.28. The summed E-state index contributed by atoms with van der Waals surface area (Å²) in [6, 6.07) is 4.49. The fourth-order valence-corrected chi connectivity index (χ4v) is 4.90. The molecule has 0 aromatic carbocycles. The lowest BCUT2D eigenvalue weighted by molar-refractivity contribution is -0.125. The van der Waals surface area contributed by atoms with Gasteiger partial charge < -0.3 is 15.3 Å². The van der Waals surface area contributed by atoms with Gasteiger partial charge in [-0.1, -0.05) is 0 Å². The van der Waals surface area contributed by atoms with Crippen LogP contribution in [-0.2, 0) is 11.2 Å². The topological polar surface area (TPSA) is 83.3 Å². The fourth-order valence-electron chi connectivity index (χ4n) is 4.90. The first-order valence-electron chi connectivity index (χ1n) is 10.1. The summed E-state index contributed by atoms with van der Waals surface area (Å²) in [5, 5.41) is 17.0. The van der Waals surface area contributed by atoms with Crippen LogP contribution in [-0.4, -0.2) is 50.0 Å². The molecule has 0 bridgehead atoms. The minimum Gasteiger partial charge on any atom is -0.374 e. The highest BCUT2D eigenvalue weighted by Gasteiger charge is 2.42. The molecule has 2 N–H and O–H groups in total. The van der Waals surface area contributed by atoms with Crippen molar-refractivity contribution in [3.05, 3.63) is 47.9 Å². The van der Waals surface area contributed by atoms with Gasteiger partial charge in [0.25, 0.3) is 0 Å². The number of fused-ring (bicyclic) bond motifs is 2. The molecular weight excluding hydrogens is 354 g/mol. The molecule has 1 amide bonds. The number of carbonyl (C=O) groups excluding carboxylic acids is 1. The number of anilines is 1. The maximum Gasteiger partial charge on any atom is 0.246 e. The molecule has 2 fully saturated rings. The quantitative estimate of drug-likeness (QED) is 0.798. The number of amides is 1. The van der Waals surface area contributed by atoms with Gasteiger partial charge in [0.2, 0.25) is 5.91 Å². The molecule has 1 aliphatic carbocycles. The molecule has 2 aliphatic heterocycles. The Balaban J connectivity index is 1.19. The maximum absolute atomic E-state index is 12.6. The van der Waals surface area contributed by atoms with E-state index in [1.165, 1.54) is 0 Å². The molecular formula is C21H25N5O2. The molecule has 4 heterocycles. The number of rotatable bonds is 3. The van der Waals surface area contributed by atoms with Crippen LogP contribution in [0.25, 0.3) is 6.08 Å². The van der Waals surface area contributed by atoms with E-state index < -0.39 is 6.23 Å². The van der Waals surface area contributed by atoms with Crippen LogP contribution in [0.5, 0.6) is 0 Å². The second-order valence-corrected chi connectivity index (χ2v) is 8.18. The van der Waals surface area contributed by atoms with Crippen molar-refractivity contribution in [2.75, 3.05) is 18.4 Å². The van der Waals surface area contributed by atoms with Crippen LogP contribution in [0.1, 0.15) is 36.4 Å². The second-order valence-electron chi connectivity index (χ2n) is 8.18. The van der Waals surface area contributed by atoms with Gasteiger partial charge in [-0.25, -0.2) is 4.98 Å². The second kappa shape index (κ2) is 7.05. The van der Waals surface area contributed by atoms with Gasteiger partial charge in [-0.05, 0) is 66.9 Å². The molecule has 2 aromatic rings. The van der Waals surface area contributed by atoms with Gasteiger partial charge >= 0.3 is 0 Å². The van der Waals surface area contributed by atoms with E-state index in [1.807, 2.05) is 35.5 Å². The van der Waals surface area contributed by atoms with Crippen molar-refractivity contribution in [3.8, 4) is 0 Å². The van der Waals surface area contributed by atoms with Crippen molar-refractivity contribution in [1.29, 1.82) is 0 Å². The van der Waals surface area contributed by atoms with Gasteiger partial charge in [0, 0.05) is 37.8 Å². The molecule has 0 spiro atoms. The third-order valence-corrected chi connectivity index (χ3v) is 6.33. The number of likely N-dealkylation sites (tertiary alicyclic amines) is 1. The lowest BCUT2D eigenvalue weighted by Gasteiger charge is -2.22. The van der Waals surface area contributed by atoms with E-state index in [0.717, 1.165) is 49.3 Å². The van der Waals surface area contributed by atoms with Crippen LogP contribution >= 0.6 is 0 Å². The van der Waals surface area contributed by atoms with Crippen LogP contribution in [0.15, 0.2) is 36.8 Å². The number of hydrogen-bond donors (Lipinski definition) is 2. The number of aliphatic hydroxyl groups excluding tert-OH is 1. The van der Waals surface area contributed by atoms with Crippen LogP contribution < -0.4 is 5.32 Å². The van der Waals surface area contributed by atoms with Gasteiger partial charge in [-0.2, -0.15) is 5.10 Å². The summed E-state index contributed by atoms with van der Waals surface area (Å²) in [7, 11) is 0. The molecule has 2 aromatic heterocycles. The van der Waals surface area contributed by atoms with Crippen molar-refractivity contribution in [2.24, 2.45) is 11.8 Å². The molecule has 1 saturated heterocycles. The average Bonchev–Trinajstić information content (AvgIpc) is 3.41. The molecule has 5 rings (SSSR count). The molecule has 1 saturated carbocycles. The highest BCUT2D eigenvalue weighted by molar-refractivity contribution is 5.92. The smallest absolute Gasteiger partial charge is 0.246 e. The number of aliphatic hydroxyl groups is 1. The summed E-state index contributed by atoms with van der Waals surface area (Å²) in [5.41, 5.74) is 2.00. The van der Waals surface area contributed by atoms with Crippen molar-refractivity contribution >= 4 is 17.8 Å². The Morgan fingerprint density at radius 1 is 1.29 bits per heavy atom. The Morgan fingerprint density at radius 3 is 2.86 bits per heavy atom. The van der Waals surface area contributed by atoms with E-state index in [4.69, 9.17) is 0 Å². The van der Waals surface area contributed by atoms with Gasteiger partial charge in [-0.3, -0.25) is 9.48 Å². The van der Waals surface area contributed by atoms with Crippen molar-refractivity contribution in [1.82, 2.24) is 19.7 Å². The number of nitrogens with one attached hydrogen (secondary N) is 1. The summed E-state index contributed by atoms with van der Waals surface area (Å²) >= 11 is 0. The van der Waals surface area contributed by atoms with E-state index in [-0.39, 0.29) is 5.91 Å². The molecule has 7 nitrogen and oxygen atoms in total. The molecule has 0 radical (unpaired) electrons. The molecule has 28 heavy (non-hydrogen) atoms. The Hall–Kier alpha value is -2.67. The van der Waals surface area contributed by atoms with Gasteiger partial charge in [0.05, 0.1) is 6.04 Å². The predicted octanol–water partition coefficient (Wildman–Crippen LogP) is 2.08. The highest BCUT2D eigenvalue weighted by Crippen LogP contribution is 2.43. The third-order valence-electron chi connectivity index (χ3n) is 6.33. The minimum atomic E-state index is -0.523. The van der Waals surface area contributed by atoms with E-state index in [2.05, 4.69) is 20.1 Å². The Labute approximate surface area is 164 Å². The Bertz CT molecular complexity index is 880. The molecule has 3 unspecified atom stereocenters. The summed E-state index contributed by atoms with van der Waals surface area (Å²) in [4.78, 5) is 19.0. The first kappa shape index (κ1) is 17.4. The number of hydrogen-bond acceptors (Lipinski definition) is 5. The van der Waals surface area contributed by atoms with E-state index in [1.54, 1.807) is 12.3 Å². The van der Waals surface area contributed by atoms with Crippen LogP contribution in [0, 0.1) is 11.8 Å². The van der Waals surface area contributed by atoms with Crippen molar-refractivity contribution < 1.29 is 9.90 Å². The summed E-state index contributed by atoms with van der Waals surface area (Å²) in [6.45, 7) is 1.69. The standard InChI is InChI=1S/C21H25N5O2/c27-19-4-3-15-8-14(11-22-21(15)24-19)2-5-20(28)25-12-16-9-18(10-17(16)13-25)26-7-1-6-23-26/h1-2,5-8,11,16-19,27H,3-4,9-10,12-13H2,(H,22,24)/b5-2+. The number of nitrogens with zero attached hydrogens (tertiary/aromatic N) is 4. The number of carbonyl (C=O) groups is 1. The first-order chi connectivity index (χ1) is 13.7. The van der Waals surface area contributed by atoms with E-state index in [0.29, 0.717) is 24.3 Å². The van der Waals surface area contributed by atoms with Crippen molar-refractivity contribution in [2.45, 2.75) is 38.0 Å². The van der Waals surface area contributed by atoms with Gasteiger partial charge in [-0.15, -0.1) is 0 Å². The normalized spacial score (nSPS) is 29.0. The third kappa shape index (κ3) is 3.30. The minimum absolute atomic E-state index is 0.0799. The molecule has 3 atom stereocenters. The van der Waals surface area contributed by atoms with E-state index >= 15 is 0 Å². The van der Waals surface area contributed by atoms with Crippen molar-refractivity contribution in [3.63, 3.8) is 0 Å². The molecule has 3 aliphatic rings. The van der Waals surface area contributed by atoms with E-state index in [9.17, 15) is 9.90 Å². The fraction of sp³-hybridized carbons (Fsp3) is 0.476. The zero-order valence-corrected chi connectivity index (χ0v) is 15.7. The Kier molecular flexibility index (Phi) is 4.39. The van der Waals surface area contributed by atoms with Crippen LogP contribution in [0.3, 0.4) is 0 Å². The molecule has 7 heteroatoms. The SMILES string of the molecule is O=C(/C=C/c1cnc2c(c1)CCC(O)N2)N1CC2CC(n3cccn3)CC2C1.